The minimum Gasteiger partial charge on any atom is -0.482 e. The van der Waals surface area contributed by atoms with Gasteiger partial charge in [-0.15, -0.1) is 0 Å². The molecular formula is C19H26Cl2N2O2. The van der Waals surface area contributed by atoms with E-state index >= 15 is 0 Å². The molecule has 6 heteroatoms. The van der Waals surface area contributed by atoms with E-state index in [-0.39, 0.29) is 12.5 Å². The van der Waals surface area contributed by atoms with Crippen LogP contribution in [0.25, 0.3) is 0 Å². The number of hydrogen-bond acceptors (Lipinski definition) is 3. The second-order valence-corrected chi connectivity index (χ2v) is 8.04. The lowest BCUT2D eigenvalue weighted by atomic mass is 9.69. The van der Waals surface area contributed by atoms with Crippen molar-refractivity contribution in [2.24, 2.45) is 16.4 Å². The van der Waals surface area contributed by atoms with Gasteiger partial charge in [0.2, 0.25) is 0 Å². The van der Waals surface area contributed by atoms with Crippen LogP contribution in [0.15, 0.2) is 23.3 Å². The van der Waals surface area contributed by atoms with Gasteiger partial charge in [-0.1, -0.05) is 50.4 Å². The number of rotatable bonds is 6. The van der Waals surface area contributed by atoms with Crippen molar-refractivity contribution in [1.82, 2.24) is 5.43 Å². The molecule has 2 rings (SSSR count). The van der Waals surface area contributed by atoms with Crippen LogP contribution >= 0.6 is 23.2 Å². The molecular weight excluding hydrogens is 359 g/mol. The van der Waals surface area contributed by atoms with E-state index in [9.17, 15) is 4.79 Å². The van der Waals surface area contributed by atoms with Crippen LogP contribution in [0.5, 0.6) is 5.75 Å². The number of hydrogen-bond donors (Lipinski definition) is 1. The Morgan fingerprint density at radius 3 is 2.60 bits per heavy atom. The van der Waals surface area contributed by atoms with Crippen molar-refractivity contribution in [3.05, 3.63) is 28.2 Å². The van der Waals surface area contributed by atoms with Gasteiger partial charge in [-0.3, -0.25) is 4.79 Å². The number of halogens is 2. The SMILES string of the molecule is CCC(C)(C)C1CCC(=NNC(=O)COc2ccc(Cl)cc2Cl)CC1. The van der Waals surface area contributed by atoms with Crippen molar-refractivity contribution in [2.45, 2.75) is 52.9 Å². The quantitative estimate of drug-likeness (QED) is 0.660. The van der Waals surface area contributed by atoms with Crippen LogP contribution in [0, 0.1) is 11.3 Å². The minimum absolute atomic E-state index is 0.135. The molecule has 0 heterocycles. The molecule has 1 aromatic carbocycles. The fourth-order valence-electron chi connectivity index (χ4n) is 3.04. The van der Waals surface area contributed by atoms with Crippen LogP contribution in [-0.2, 0) is 4.79 Å². The third-order valence-corrected chi connectivity index (χ3v) is 5.70. The summed E-state index contributed by atoms with van der Waals surface area (Å²) in [6.45, 7) is 6.78. The van der Waals surface area contributed by atoms with Gasteiger partial charge in [0.25, 0.3) is 5.91 Å². The maximum Gasteiger partial charge on any atom is 0.277 e. The molecule has 138 valence electrons. The Bertz CT molecular complexity index is 634. The fourth-order valence-corrected chi connectivity index (χ4v) is 3.51. The first-order valence-electron chi connectivity index (χ1n) is 8.74. The van der Waals surface area contributed by atoms with Crippen LogP contribution in [0.1, 0.15) is 52.9 Å². The topological polar surface area (TPSA) is 50.7 Å². The van der Waals surface area contributed by atoms with Crippen LogP contribution in [0.3, 0.4) is 0 Å². The maximum atomic E-state index is 11.9. The lowest BCUT2D eigenvalue weighted by Gasteiger charge is -2.36. The van der Waals surface area contributed by atoms with Crippen molar-refractivity contribution < 1.29 is 9.53 Å². The molecule has 0 bridgehead atoms. The monoisotopic (exact) mass is 384 g/mol. The smallest absolute Gasteiger partial charge is 0.277 e. The van der Waals surface area contributed by atoms with Gasteiger partial charge in [-0.05, 0) is 55.2 Å². The number of nitrogens with one attached hydrogen (secondary N) is 1. The number of hydrazone groups is 1. The third kappa shape index (κ3) is 5.89. The second-order valence-electron chi connectivity index (χ2n) is 7.19. The fraction of sp³-hybridized carbons (Fsp3) is 0.579. The van der Waals surface area contributed by atoms with E-state index in [1.54, 1.807) is 18.2 Å². The van der Waals surface area contributed by atoms with Crippen molar-refractivity contribution in [2.75, 3.05) is 6.61 Å². The molecule has 1 saturated carbocycles. The van der Waals surface area contributed by atoms with E-state index in [0.29, 0.717) is 21.2 Å². The molecule has 25 heavy (non-hydrogen) atoms. The molecule has 1 amide bonds. The predicted molar refractivity (Wildman–Crippen MR) is 104 cm³/mol. The summed E-state index contributed by atoms with van der Waals surface area (Å²) in [4.78, 5) is 11.9. The molecule has 0 aromatic heterocycles. The highest BCUT2D eigenvalue weighted by Crippen LogP contribution is 2.39. The first-order chi connectivity index (χ1) is 11.8. The Hall–Kier alpha value is -1.26. The lowest BCUT2D eigenvalue weighted by molar-refractivity contribution is -0.123. The summed E-state index contributed by atoms with van der Waals surface area (Å²) in [5, 5.41) is 5.16. The molecule has 0 spiro atoms. The standard InChI is InChI=1S/C19H26Cl2N2O2/c1-4-19(2,3)13-5-8-15(9-6-13)22-23-18(24)12-25-17-10-7-14(20)11-16(17)21/h7,10-11,13H,4-6,8-9,12H2,1-3H3,(H,23,24). The van der Waals surface area contributed by atoms with Gasteiger partial charge in [0.15, 0.2) is 6.61 Å². The van der Waals surface area contributed by atoms with Crippen molar-refractivity contribution in [3.8, 4) is 5.75 Å². The zero-order valence-corrected chi connectivity index (χ0v) is 16.6. The zero-order valence-electron chi connectivity index (χ0n) is 15.1. The number of nitrogens with zero attached hydrogens (tertiary/aromatic N) is 1. The van der Waals surface area contributed by atoms with Crippen LogP contribution in [0.2, 0.25) is 10.0 Å². The van der Waals surface area contributed by atoms with Gasteiger partial charge < -0.3 is 4.74 Å². The number of benzene rings is 1. The van der Waals surface area contributed by atoms with E-state index < -0.39 is 0 Å². The zero-order chi connectivity index (χ0) is 18.4. The van der Waals surface area contributed by atoms with Crippen LogP contribution < -0.4 is 10.2 Å². The molecule has 0 saturated heterocycles. The molecule has 4 nitrogen and oxygen atoms in total. The Kier molecular flexibility index (Phi) is 7.14. The Labute approximate surface area is 159 Å². The predicted octanol–water partition coefficient (Wildman–Crippen LogP) is 5.47. The first-order valence-corrected chi connectivity index (χ1v) is 9.49. The number of ether oxygens (including phenoxy) is 1. The number of amides is 1. The lowest BCUT2D eigenvalue weighted by Crippen LogP contribution is -2.30. The van der Waals surface area contributed by atoms with Gasteiger partial charge in [-0.2, -0.15) is 5.10 Å². The summed E-state index contributed by atoms with van der Waals surface area (Å²) in [6.07, 6.45) is 5.33. The van der Waals surface area contributed by atoms with Gasteiger partial charge in [0.05, 0.1) is 5.02 Å². The minimum atomic E-state index is -0.297. The number of carbonyl (C=O) groups excluding carboxylic acids is 1. The molecule has 0 aliphatic heterocycles. The van der Waals surface area contributed by atoms with Gasteiger partial charge in [0, 0.05) is 10.7 Å². The summed E-state index contributed by atoms with van der Waals surface area (Å²) >= 11 is 11.8. The third-order valence-electron chi connectivity index (χ3n) is 5.17. The van der Waals surface area contributed by atoms with Gasteiger partial charge >= 0.3 is 0 Å². The van der Waals surface area contributed by atoms with Crippen LogP contribution in [0.4, 0.5) is 0 Å². The highest BCUT2D eigenvalue weighted by molar-refractivity contribution is 6.35. The van der Waals surface area contributed by atoms with E-state index in [0.717, 1.165) is 37.3 Å². The van der Waals surface area contributed by atoms with E-state index in [4.69, 9.17) is 27.9 Å². The van der Waals surface area contributed by atoms with Crippen LogP contribution in [-0.4, -0.2) is 18.2 Å². The van der Waals surface area contributed by atoms with E-state index in [1.807, 2.05) is 0 Å². The normalized spacial score (nSPS) is 18.0. The van der Waals surface area contributed by atoms with Gasteiger partial charge in [0.1, 0.15) is 5.75 Å². The Morgan fingerprint density at radius 2 is 2.00 bits per heavy atom. The summed E-state index contributed by atoms with van der Waals surface area (Å²) in [7, 11) is 0. The summed E-state index contributed by atoms with van der Waals surface area (Å²) < 4.78 is 5.40. The van der Waals surface area contributed by atoms with Crippen molar-refractivity contribution in [3.63, 3.8) is 0 Å². The van der Waals surface area contributed by atoms with E-state index in [1.165, 1.54) is 6.42 Å². The van der Waals surface area contributed by atoms with Crippen molar-refractivity contribution >= 4 is 34.8 Å². The first kappa shape index (κ1) is 20.1. The molecule has 0 atom stereocenters. The molecule has 1 aliphatic rings. The molecule has 1 aliphatic carbocycles. The molecule has 0 radical (unpaired) electrons. The summed E-state index contributed by atoms with van der Waals surface area (Å²) in [5.74, 6) is 0.855. The molecule has 0 unspecified atom stereocenters. The molecule has 1 N–H and O–H groups in total. The Morgan fingerprint density at radius 1 is 1.32 bits per heavy atom. The highest BCUT2D eigenvalue weighted by Gasteiger charge is 2.30. The summed E-state index contributed by atoms with van der Waals surface area (Å²) in [6, 6.07) is 4.88. The molecule has 1 fully saturated rings. The van der Waals surface area contributed by atoms with E-state index in [2.05, 4.69) is 31.3 Å². The maximum absolute atomic E-state index is 11.9. The largest absolute Gasteiger partial charge is 0.482 e. The number of carbonyl (C=O) groups is 1. The highest BCUT2D eigenvalue weighted by atomic mass is 35.5. The average molecular weight is 385 g/mol. The van der Waals surface area contributed by atoms with Crippen molar-refractivity contribution in [1.29, 1.82) is 0 Å². The van der Waals surface area contributed by atoms with Gasteiger partial charge in [-0.25, -0.2) is 5.43 Å². The average Bonchev–Trinajstić information content (AvgIpc) is 2.59. The summed E-state index contributed by atoms with van der Waals surface area (Å²) in [5.41, 5.74) is 4.01. The Balaban J connectivity index is 1.77. The second kappa shape index (κ2) is 8.91. The molecule has 1 aromatic rings.